The van der Waals surface area contributed by atoms with Gasteiger partial charge in [-0.25, -0.2) is 0 Å². The Hall–Kier alpha value is -1.42. The fourth-order valence-electron chi connectivity index (χ4n) is 2.65. The number of nitrogens with one attached hydrogen (secondary N) is 1. The topological polar surface area (TPSA) is 39.7 Å². The standard InChI is InChI=1S/C16H25NO3/c1-4-8-17-15-6-5-7-16(15)20-14-10-12(18-2)9-13(11-14)19-3/h9-11,15-17H,4-8H2,1-3H3. The van der Waals surface area contributed by atoms with E-state index in [1.54, 1.807) is 14.2 Å². The van der Waals surface area contributed by atoms with Crippen molar-refractivity contribution < 1.29 is 14.2 Å². The third kappa shape index (κ3) is 3.79. The van der Waals surface area contributed by atoms with Crippen LogP contribution in [0.5, 0.6) is 17.2 Å². The van der Waals surface area contributed by atoms with Gasteiger partial charge < -0.3 is 19.5 Å². The summed E-state index contributed by atoms with van der Waals surface area (Å²) in [7, 11) is 3.31. The quantitative estimate of drug-likeness (QED) is 0.833. The number of ether oxygens (including phenoxy) is 3. The lowest BCUT2D eigenvalue weighted by Crippen LogP contribution is -2.39. The molecule has 1 fully saturated rings. The van der Waals surface area contributed by atoms with Crippen LogP contribution in [0.4, 0.5) is 0 Å². The second kappa shape index (κ2) is 7.39. The first-order valence-corrected chi connectivity index (χ1v) is 7.40. The van der Waals surface area contributed by atoms with E-state index < -0.39 is 0 Å². The molecule has 0 aliphatic heterocycles. The molecule has 1 aliphatic carbocycles. The molecule has 4 heteroatoms. The fraction of sp³-hybridized carbons (Fsp3) is 0.625. The monoisotopic (exact) mass is 279 g/mol. The minimum absolute atomic E-state index is 0.235. The largest absolute Gasteiger partial charge is 0.496 e. The number of benzene rings is 1. The van der Waals surface area contributed by atoms with Gasteiger partial charge in [0.25, 0.3) is 0 Å². The number of rotatable bonds is 7. The Morgan fingerprint density at radius 2 is 1.70 bits per heavy atom. The Kier molecular flexibility index (Phi) is 5.53. The van der Waals surface area contributed by atoms with E-state index in [9.17, 15) is 0 Å². The first kappa shape index (κ1) is 15.0. The molecule has 4 nitrogen and oxygen atoms in total. The van der Waals surface area contributed by atoms with E-state index in [1.807, 2.05) is 18.2 Å². The first-order chi connectivity index (χ1) is 9.76. The third-order valence-electron chi connectivity index (χ3n) is 3.72. The highest BCUT2D eigenvalue weighted by molar-refractivity contribution is 5.42. The van der Waals surface area contributed by atoms with E-state index in [2.05, 4.69) is 12.2 Å². The van der Waals surface area contributed by atoms with Crippen LogP contribution in [0, 0.1) is 0 Å². The van der Waals surface area contributed by atoms with Crippen molar-refractivity contribution in [1.29, 1.82) is 0 Å². The molecule has 1 saturated carbocycles. The van der Waals surface area contributed by atoms with Crippen LogP contribution in [-0.4, -0.2) is 32.9 Å². The maximum absolute atomic E-state index is 6.15. The summed E-state index contributed by atoms with van der Waals surface area (Å²) in [6.07, 6.45) is 4.88. The lowest BCUT2D eigenvalue weighted by atomic mass is 10.2. The van der Waals surface area contributed by atoms with Gasteiger partial charge in [-0.3, -0.25) is 0 Å². The van der Waals surface area contributed by atoms with Crippen molar-refractivity contribution in [3.05, 3.63) is 18.2 Å². The third-order valence-corrected chi connectivity index (χ3v) is 3.72. The molecule has 112 valence electrons. The van der Waals surface area contributed by atoms with E-state index in [0.717, 1.165) is 36.6 Å². The molecule has 0 aromatic heterocycles. The molecule has 2 unspecified atom stereocenters. The zero-order valence-electron chi connectivity index (χ0n) is 12.6. The van der Waals surface area contributed by atoms with Crippen LogP contribution in [0.25, 0.3) is 0 Å². The SMILES string of the molecule is CCCNC1CCCC1Oc1cc(OC)cc(OC)c1. The summed E-state index contributed by atoms with van der Waals surface area (Å²) in [5.41, 5.74) is 0. The molecule has 2 rings (SSSR count). The normalized spacial score (nSPS) is 21.8. The van der Waals surface area contributed by atoms with E-state index in [0.29, 0.717) is 6.04 Å². The minimum atomic E-state index is 0.235. The van der Waals surface area contributed by atoms with Crippen molar-refractivity contribution in [2.24, 2.45) is 0 Å². The molecule has 1 aliphatic rings. The van der Waals surface area contributed by atoms with Gasteiger partial charge in [-0.2, -0.15) is 0 Å². The van der Waals surface area contributed by atoms with Crippen LogP contribution >= 0.6 is 0 Å². The fourth-order valence-corrected chi connectivity index (χ4v) is 2.65. The van der Waals surface area contributed by atoms with E-state index >= 15 is 0 Å². The lowest BCUT2D eigenvalue weighted by molar-refractivity contribution is 0.173. The van der Waals surface area contributed by atoms with Crippen LogP contribution in [0.3, 0.4) is 0 Å². The molecular formula is C16H25NO3. The number of methoxy groups -OCH3 is 2. The van der Waals surface area contributed by atoms with Gasteiger partial charge in [0.2, 0.25) is 0 Å². The summed E-state index contributed by atoms with van der Waals surface area (Å²) in [6, 6.07) is 6.14. The zero-order valence-corrected chi connectivity index (χ0v) is 12.6. The van der Waals surface area contributed by atoms with Crippen LogP contribution in [0.15, 0.2) is 18.2 Å². The highest BCUT2D eigenvalue weighted by Gasteiger charge is 2.28. The van der Waals surface area contributed by atoms with E-state index in [-0.39, 0.29) is 6.10 Å². The average Bonchev–Trinajstić information content (AvgIpc) is 2.91. The van der Waals surface area contributed by atoms with E-state index in [1.165, 1.54) is 12.8 Å². The van der Waals surface area contributed by atoms with Crippen molar-refractivity contribution in [2.75, 3.05) is 20.8 Å². The van der Waals surface area contributed by atoms with Gasteiger partial charge in [-0.05, 0) is 32.2 Å². The molecule has 20 heavy (non-hydrogen) atoms. The van der Waals surface area contributed by atoms with Crippen LogP contribution in [0.2, 0.25) is 0 Å². The van der Waals surface area contributed by atoms with Crippen molar-refractivity contribution >= 4 is 0 Å². The molecule has 1 aromatic rings. The summed E-state index contributed by atoms with van der Waals surface area (Å²) < 4.78 is 16.7. The molecule has 0 heterocycles. The van der Waals surface area contributed by atoms with Gasteiger partial charge in [-0.1, -0.05) is 6.92 Å². The Bertz CT molecular complexity index is 400. The number of hydrogen-bond donors (Lipinski definition) is 1. The van der Waals surface area contributed by atoms with Gasteiger partial charge in [0.1, 0.15) is 23.4 Å². The van der Waals surface area contributed by atoms with Crippen molar-refractivity contribution in [3.8, 4) is 17.2 Å². The summed E-state index contributed by atoms with van der Waals surface area (Å²) in [5.74, 6) is 2.34. The van der Waals surface area contributed by atoms with Gasteiger partial charge in [0.15, 0.2) is 0 Å². The lowest BCUT2D eigenvalue weighted by Gasteiger charge is -2.22. The maximum atomic E-state index is 6.15. The Labute approximate surface area is 121 Å². The smallest absolute Gasteiger partial charge is 0.127 e. The minimum Gasteiger partial charge on any atom is -0.496 e. The second-order valence-corrected chi connectivity index (χ2v) is 5.20. The highest BCUT2D eigenvalue weighted by atomic mass is 16.5. The van der Waals surface area contributed by atoms with Crippen LogP contribution < -0.4 is 19.5 Å². The average molecular weight is 279 g/mol. The summed E-state index contributed by atoms with van der Waals surface area (Å²) in [6.45, 7) is 3.23. The summed E-state index contributed by atoms with van der Waals surface area (Å²) in [4.78, 5) is 0. The van der Waals surface area contributed by atoms with Crippen LogP contribution in [-0.2, 0) is 0 Å². The van der Waals surface area contributed by atoms with Gasteiger partial charge in [0, 0.05) is 24.2 Å². The van der Waals surface area contributed by atoms with Gasteiger partial charge in [0.05, 0.1) is 14.2 Å². The Morgan fingerprint density at radius 3 is 2.30 bits per heavy atom. The highest BCUT2D eigenvalue weighted by Crippen LogP contribution is 2.31. The summed E-state index contributed by atoms with van der Waals surface area (Å²) in [5, 5.41) is 3.57. The van der Waals surface area contributed by atoms with Crippen molar-refractivity contribution in [1.82, 2.24) is 5.32 Å². The van der Waals surface area contributed by atoms with E-state index in [4.69, 9.17) is 14.2 Å². The molecule has 0 bridgehead atoms. The molecule has 1 aromatic carbocycles. The van der Waals surface area contributed by atoms with Crippen LogP contribution in [0.1, 0.15) is 32.6 Å². The number of hydrogen-bond acceptors (Lipinski definition) is 4. The van der Waals surface area contributed by atoms with Gasteiger partial charge >= 0.3 is 0 Å². The molecular weight excluding hydrogens is 254 g/mol. The van der Waals surface area contributed by atoms with Gasteiger partial charge in [-0.15, -0.1) is 0 Å². The molecule has 0 amide bonds. The van der Waals surface area contributed by atoms with Crippen molar-refractivity contribution in [3.63, 3.8) is 0 Å². The predicted molar refractivity (Wildman–Crippen MR) is 79.9 cm³/mol. The zero-order chi connectivity index (χ0) is 14.4. The molecule has 2 atom stereocenters. The first-order valence-electron chi connectivity index (χ1n) is 7.40. The molecule has 0 spiro atoms. The second-order valence-electron chi connectivity index (χ2n) is 5.20. The summed E-state index contributed by atoms with van der Waals surface area (Å²) >= 11 is 0. The maximum Gasteiger partial charge on any atom is 0.127 e. The molecule has 0 radical (unpaired) electrons. The molecule has 0 saturated heterocycles. The Morgan fingerprint density at radius 1 is 1.05 bits per heavy atom. The molecule has 1 N–H and O–H groups in total. The van der Waals surface area contributed by atoms with Crippen molar-refractivity contribution in [2.45, 2.75) is 44.8 Å². The predicted octanol–water partition coefficient (Wildman–Crippen LogP) is 3.00. The Balaban J connectivity index is 2.04.